The molecule has 1 aromatic rings. The summed E-state index contributed by atoms with van der Waals surface area (Å²) in [4.78, 5) is 49.0. The molecule has 0 bridgehead atoms. The van der Waals surface area contributed by atoms with Gasteiger partial charge in [-0.2, -0.15) is 0 Å². The molecule has 0 spiro atoms. The van der Waals surface area contributed by atoms with Crippen molar-refractivity contribution in [1.29, 1.82) is 0 Å². The van der Waals surface area contributed by atoms with Crippen LogP contribution in [-0.2, 0) is 49.4 Å². The van der Waals surface area contributed by atoms with E-state index in [4.69, 9.17) is 33.2 Å². The van der Waals surface area contributed by atoms with Gasteiger partial charge in [0.25, 0.3) is 0 Å². The van der Waals surface area contributed by atoms with Gasteiger partial charge < -0.3 is 33.2 Å². The van der Waals surface area contributed by atoms with Crippen molar-refractivity contribution in [3.05, 3.63) is 48.6 Å². The summed E-state index contributed by atoms with van der Waals surface area (Å²) in [5.74, 6) is -1.42. The molecule has 2 atom stereocenters. The first-order valence-corrected chi connectivity index (χ1v) is 11.2. The summed E-state index contributed by atoms with van der Waals surface area (Å²) in [5.41, 5.74) is -2.09. The first kappa shape index (κ1) is 30.4. The molecule has 0 aliphatic heterocycles. The minimum Gasteiger partial charge on any atom is -0.465 e. The molecule has 11 nitrogen and oxygen atoms in total. The fraction of sp³-hybridized carbons (Fsp3) is 0.520. The maximum absolute atomic E-state index is 12.5. The number of hydrogen-bond acceptors (Lipinski definition) is 11. The smallest absolute Gasteiger partial charge is 0.465 e. The van der Waals surface area contributed by atoms with Crippen LogP contribution in [0.25, 0.3) is 0 Å². The van der Waals surface area contributed by atoms with Gasteiger partial charge in [0.05, 0.1) is 13.2 Å². The Labute approximate surface area is 210 Å². The van der Waals surface area contributed by atoms with Crippen molar-refractivity contribution < 1.29 is 52.3 Å². The maximum Gasteiger partial charge on any atom is 0.508 e. The molecular formula is C25H34O11. The van der Waals surface area contributed by atoms with Crippen LogP contribution in [0.15, 0.2) is 43.0 Å². The highest BCUT2D eigenvalue weighted by atomic mass is 16.7. The lowest BCUT2D eigenvalue weighted by atomic mass is 9.93. The van der Waals surface area contributed by atoms with E-state index in [1.54, 1.807) is 31.2 Å². The highest BCUT2D eigenvalue weighted by Crippen LogP contribution is 2.23. The predicted octanol–water partition coefficient (Wildman–Crippen LogP) is 3.44. The van der Waals surface area contributed by atoms with Crippen LogP contribution < -0.4 is 0 Å². The Bertz CT molecular complexity index is 870. The molecule has 0 radical (unpaired) electrons. The number of hydrogen-bond donors (Lipinski definition) is 0. The zero-order valence-electron chi connectivity index (χ0n) is 21.1. The molecule has 36 heavy (non-hydrogen) atoms. The van der Waals surface area contributed by atoms with Gasteiger partial charge in [0, 0.05) is 7.11 Å². The van der Waals surface area contributed by atoms with Gasteiger partial charge in [-0.3, -0.25) is 9.59 Å². The molecule has 0 amide bonds. The minimum absolute atomic E-state index is 0.0196. The third-order valence-electron chi connectivity index (χ3n) is 4.78. The Kier molecular flexibility index (Phi) is 13.0. The number of carbonyl (C=O) groups is 4. The van der Waals surface area contributed by atoms with Gasteiger partial charge in [-0.05, 0) is 26.3 Å². The minimum atomic E-state index is -1.54. The van der Waals surface area contributed by atoms with E-state index in [-0.39, 0.29) is 26.4 Å². The Morgan fingerprint density at radius 2 is 1.28 bits per heavy atom. The summed E-state index contributed by atoms with van der Waals surface area (Å²) in [6, 6.07) is 8.95. The van der Waals surface area contributed by atoms with Crippen molar-refractivity contribution in [2.45, 2.75) is 27.4 Å². The van der Waals surface area contributed by atoms with E-state index in [9.17, 15) is 19.2 Å². The largest absolute Gasteiger partial charge is 0.508 e. The second-order valence-electron chi connectivity index (χ2n) is 8.30. The summed E-state index contributed by atoms with van der Waals surface area (Å²) in [5, 5.41) is 0. The van der Waals surface area contributed by atoms with E-state index in [0.717, 1.165) is 5.56 Å². The summed E-state index contributed by atoms with van der Waals surface area (Å²) in [7, 11) is 1.38. The molecule has 0 aliphatic rings. The van der Waals surface area contributed by atoms with Crippen molar-refractivity contribution in [3.63, 3.8) is 0 Å². The van der Waals surface area contributed by atoms with Crippen LogP contribution in [0, 0.1) is 10.8 Å². The van der Waals surface area contributed by atoms with E-state index in [0.29, 0.717) is 0 Å². The first-order valence-electron chi connectivity index (χ1n) is 11.2. The van der Waals surface area contributed by atoms with Crippen molar-refractivity contribution in [3.8, 4) is 0 Å². The van der Waals surface area contributed by atoms with Crippen molar-refractivity contribution in [2.75, 3.05) is 46.8 Å². The number of rotatable bonds is 15. The molecule has 1 aromatic carbocycles. The quantitative estimate of drug-likeness (QED) is 0.195. The average Bonchev–Trinajstić information content (AvgIpc) is 2.87. The monoisotopic (exact) mass is 510 g/mol. The van der Waals surface area contributed by atoms with Crippen LogP contribution in [0.1, 0.15) is 26.3 Å². The topological polar surface area (TPSA) is 133 Å². The first-order chi connectivity index (χ1) is 17.1. The van der Waals surface area contributed by atoms with E-state index < -0.39 is 54.9 Å². The van der Waals surface area contributed by atoms with Gasteiger partial charge in [0.2, 0.25) is 0 Å². The Morgan fingerprint density at radius 1 is 0.778 bits per heavy atom. The van der Waals surface area contributed by atoms with Gasteiger partial charge in [0.15, 0.2) is 0 Å². The fourth-order valence-electron chi connectivity index (χ4n) is 2.71. The Hall–Kier alpha value is -3.60. The van der Waals surface area contributed by atoms with Crippen molar-refractivity contribution >= 4 is 24.2 Å². The molecular weight excluding hydrogens is 476 g/mol. The summed E-state index contributed by atoms with van der Waals surface area (Å²) in [6.07, 6.45) is -0.767. The van der Waals surface area contributed by atoms with Crippen LogP contribution >= 0.6 is 0 Å². The molecule has 0 saturated heterocycles. The van der Waals surface area contributed by atoms with Gasteiger partial charge in [-0.15, -0.1) is 0 Å². The molecule has 0 aliphatic carbocycles. The lowest BCUT2D eigenvalue weighted by Gasteiger charge is -2.27. The van der Waals surface area contributed by atoms with Crippen LogP contribution in [0.2, 0.25) is 0 Å². The molecule has 1 rings (SSSR count). The van der Waals surface area contributed by atoms with Crippen molar-refractivity contribution in [1.82, 2.24) is 0 Å². The van der Waals surface area contributed by atoms with E-state index >= 15 is 0 Å². The fourth-order valence-corrected chi connectivity index (χ4v) is 2.71. The lowest BCUT2D eigenvalue weighted by molar-refractivity contribution is -0.161. The number of carbonyl (C=O) groups excluding carboxylic acids is 4. The third-order valence-corrected chi connectivity index (χ3v) is 4.78. The van der Waals surface area contributed by atoms with Gasteiger partial charge >= 0.3 is 24.2 Å². The number of methoxy groups -OCH3 is 1. The van der Waals surface area contributed by atoms with Crippen LogP contribution in [-0.4, -0.2) is 71.0 Å². The standard InChI is InChI=1S/C25H34O11/c1-6-13-32-21(27)24(3,15-30-5)16-35-23(29)36-18-25(4,20(26)31-7-2)17-34-22(28)33-14-19-11-9-8-10-12-19/h6,8-12H,1,7,13-18H2,2-5H3. The highest BCUT2D eigenvalue weighted by molar-refractivity contribution is 5.78. The Balaban J connectivity index is 2.68. The second kappa shape index (κ2) is 15.4. The normalized spacial score (nSPS) is 13.8. The van der Waals surface area contributed by atoms with Crippen molar-refractivity contribution in [2.24, 2.45) is 10.8 Å². The van der Waals surface area contributed by atoms with Gasteiger partial charge in [-0.1, -0.05) is 43.0 Å². The zero-order chi connectivity index (χ0) is 27.0. The second-order valence-corrected chi connectivity index (χ2v) is 8.30. The average molecular weight is 511 g/mol. The van der Waals surface area contributed by atoms with E-state index in [2.05, 4.69) is 6.58 Å². The molecule has 0 heterocycles. The molecule has 200 valence electrons. The van der Waals surface area contributed by atoms with E-state index in [1.165, 1.54) is 27.0 Å². The molecule has 2 unspecified atom stereocenters. The molecule has 0 aromatic heterocycles. The van der Waals surface area contributed by atoms with Gasteiger partial charge in [-0.25, -0.2) is 9.59 Å². The number of esters is 2. The lowest BCUT2D eigenvalue weighted by Crippen LogP contribution is -2.42. The van der Waals surface area contributed by atoms with Gasteiger partial charge in [0.1, 0.15) is 43.9 Å². The van der Waals surface area contributed by atoms with Crippen LogP contribution in [0.3, 0.4) is 0 Å². The zero-order valence-corrected chi connectivity index (χ0v) is 21.1. The summed E-state index contributed by atoms with van der Waals surface area (Å²) < 4.78 is 35.3. The summed E-state index contributed by atoms with van der Waals surface area (Å²) >= 11 is 0. The highest BCUT2D eigenvalue weighted by Gasteiger charge is 2.40. The molecule has 0 fully saturated rings. The maximum atomic E-state index is 12.5. The number of ether oxygens (including phenoxy) is 7. The SMILES string of the molecule is C=CCOC(=O)C(C)(COC)COC(=O)OCC(C)(COC(=O)OCc1ccccc1)C(=O)OCC. The third kappa shape index (κ3) is 10.3. The number of benzene rings is 1. The Morgan fingerprint density at radius 3 is 1.78 bits per heavy atom. The molecule has 0 saturated carbocycles. The molecule has 0 N–H and O–H groups in total. The molecule has 11 heteroatoms. The van der Waals surface area contributed by atoms with Crippen LogP contribution in [0.4, 0.5) is 9.59 Å². The van der Waals surface area contributed by atoms with Crippen LogP contribution in [0.5, 0.6) is 0 Å². The van der Waals surface area contributed by atoms with E-state index in [1.807, 2.05) is 6.07 Å². The predicted molar refractivity (Wildman–Crippen MR) is 126 cm³/mol. The summed E-state index contributed by atoms with van der Waals surface area (Å²) in [6.45, 7) is 6.46.